The largest absolute Gasteiger partial charge is 0.369 e. The zero-order valence-electron chi connectivity index (χ0n) is 12.0. The molecule has 0 saturated heterocycles. The molecule has 0 radical (unpaired) electrons. The standard InChI is InChI=1S/C13H15N5O3S/c1-7-4-9(17-21-7)12(20)16-13-15-8-2-3-18(6-11(14)19)5-10(8)22-13/h4H,2-3,5-6H2,1H3,(H2,14,19)(H,15,16,20). The molecule has 116 valence electrons. The highest BCUT2D eigenvalue weighted by Crippen LogP contribution is 2.28. The smallest absolute Gasteiger partial charge is 0.279 e. The van der Waals surface area contributed by atoms with Gasteiger partial charge < -0.3 is 10.3 Å². The number of aryl methyl sites for hydroxylation is 1. The summed E-state index contributed by atoms with van der Waals surface area (Å²) in [5.74, 6) is -0.120. The van der Waals surface area contributed by atoms with E-state index < -0.39 is 0 Å². The molecule has 9 heteroatoms. The maximum atomic E-state index is 12.0. The van der Waals surface area contributed by atoms with Gasteiger partial charge in [0.15, 0.2) is 10.8 Å². The fourth-order valence-electron chi connectivity index (χ4n) is 2.29. The number of carbonyl (C=O) groups is 2. The molecule has 1 aliphatic heterocycles. The Labute approximate surface area is 130 Å². The third kappa shape index (κ3) is 3.15. The number of nitrogens with one attached hydrogen (secondary N) is 1. The summed E-state index contributed by atoms with van der Waals surface area (Å²) >= 11 is 1.40. The summed E-state index contributed by atoms with van der Waals surface area (Å²) in [7, 11) is 0. The number of thiazole rings is 1. The summed E-state index contributed by atoms with van der Waals surface area (Å²) in [5, 5.41) is 6.91. The number of primary amides is 1. The van der Waals surface area contributed by atoms with Crippen LogP contribution >= 0.6 is 11.3 Å². The van der Waals surface area contributed by atoms with Crippen LogP contribution in [0.25, 0.3) is 0 Å². The van der Waals surface area contributed by atoms with Crippen LogP contribution in [-0.4, -0.2) is 39.9 Å². The molecular formula is C13H15N5O3S. The fraction of sp³-hybridized carbons (Fsp3) is 0.385. The van der Waals surface area contributed by atoms with Gasteiger partial charge in [-0.3, -0.25) is 19.8 Å². The molecule has 0 atom stereocenters. The first-order valence-electron chi connectivity index (χ1n) is 6.75. The van der Waals surface area contributed by atoms with Crippen molar-refractivity contribution in [3.63, 3.8) is 0 Å². The first-order valence-corrected chi connectivity index (χ1v) is 7.57. The number of amides is 2. The Morgan fingerprint density at radius 1 is 1.55 bits per heavy atom. The molecule has 3 heterocycles. The van der Waals surface area contributed by atoms with Crippen LogP contribution in [0.3, 0.4) is 0 Å². The van der Waals surface area contributed by atoms with Gasteiger partial charge in [-0.05, 0) is 6.92 Å². The van der Waals surface area contributed by atoms with Crippen molar-refractivity contribution in [2.24, 2.45) is 5.73 Å². The number of nitrogens with two attached hydrogens (primary N) is 1. The lowest BCUT2D eigenvalue weighted by atomic mass is 10.2. The number of fused-ring (bicyclic) bond motifs is 1. The van der Waals surface area contributed by atoms with Crippen molar-refractivity contribution in [2.75, 3.05) is 18.4 Å². The summed E-state index contributed by atoms with van der Waals surface area (Å²) < 4.78 is 4.88. The minimum atomic E-state index is -0.350. The Morgan fingerprint density at radius 3 is 3.05 bits per heavy atom. The van der Waals surface area contributed by atoms with E-state index in [-0.39, 0.29) is 24.1 Å². The Balaban J connectivity index is 1.69. The Hall–Kier alpha value is -2.26. The maximum absolute atomic E-state index is 12.0. The number of carbonyl (C=O) groups excluding carboxylic acids is 2. The van der Waals surface area contributed by atoms with Crippen LogP contribution in [0.15, 0.2) is 10.6 Å². The van der Waals surface area contributed by atoms with E-state index in [0.29, 0.717) is 17.4 Å². The lowest BCUT2D eigenvalue weighted by molar-refractivity contribution is -0.119. The second-order valence-corrected chi connectivity index (χ2v) is 6.18. The number of anilines is 1. The van der Waals surface area contributed by atoms with Gasteiger partial charge in [0.05, 0.1) is 12.2 Å². The lowest BCUT2D eigenvalue weighted by Gasteiger charge is -2.24. The zero-order chi connectivity index (χ0) is 15.7. The van der Waals surface area contributed by atoms with Gasteiger partial charge in [0.2, 0.25) is 5.91 Å². The van der Waals surface area contributed by atoms with Crippen LogP contribution in [0.1, 0.15) is 26.8 Å². The quantitative estimate of drug-likeness (QED) is 0.849. The van der Waals surface area contributed by atoms with E-state index in [1.165, 1.54) is 11.3 Å². The van der Waals surface area contributed by atoms with Crippen LogP contribution in [0.5, 0.6) is 0 Å². The third-order valence-corrected chi connectivity index (χ3v) is 4.27. The van der Waals surface area contributed by atoms with Crippen LogP contribution in [-0.2, 0) is 17.8 Å². The second-order valence-electron chi connectivity index (χ2n) is 5.09. The van der Waals surface area contributed by atoms with Gasteiger partial charge in [-0.25, -0.2) is 4.98 Å². The molecule has 3 rings (SSSR count). The predicted molar refractivity (Wildman–Crippen MR) is 79.5 cm³/mol. The van der Waals surface area contributed by atoms with E-state index in [2.05, 4.69) is 15.5 Å². The molecule has 0 unspecified atom stereocenters. The number of aromatic nitrogens is 2. The van der Waals surface area contributed by atoms with Gasteiger partial charge in [-0.15, -0.1) is 11.3 Å². The fourth-order valence-corrected chi connectivity index (χ4v) is 3.34. The lowest BCUT2D eigenvalue weighted by Crippen LogP contribution is -2.37. The molecule has 3 N–H and O–H groups in total. The van der Waals surface area contributed by atoms with E-state index >= 15 is 0 Å². The Bertz CT molecular complexity index is 723. The van der Waals surface area contributed by atoms with Gasteiger partial charge in [0.25, 0.3) is 5.91 Å². The highest BCUT2D eigenvalue weighted by Gasteiger charge is 2.22. The van der Waals surface area contributed by atoms with E-state index in [1.54, 1.807) is 13.0 Å². The van der Waals surface area contributed by atoms with E-state index in [4.69, 9.17) is 10.3 Å². The molecule has 0 fully saturated rings. The predicted octanol–water partition coefficient (Wildman–Crippen LogP) is 0.535. The number of hydrogen-bond acceptors (Lipinski definition) is 7. The summed E-state index contributed by atoms with van der Waals surface area (Å²) in [6.45, 7) is 3.31. The van der Waals surface area contributed by atoms with Gasteiger partial charge in [-0.2, -0.15) is 0 Å². The molecule has 2 aromatic heterocycles. The van der Waals surface area contributed by atoms with E-state index in [9.17, 15) is 9.59 Å². The number of nitrogens with zero attached hydrogens (tertiary/aromatic N) is 3. The van der Waals surface area contributed by atoms with Gasteiger partial charge in [0, 0.05) is 30.5 Å². The van der Waals surface area contributed by atoms with Crippen molar-refractivity contribution in [1.29, 1.82) is 0 Å². The normalized spacial score (nSPS) is 14.6. The van der Waals surface area contributed by atoms with Crippen molar-refractivity contribution in [2.45, 2.75) is 19.9 Å². The average molecular weight is 321 g/mol. The van der Waals surface area contributed by atoms with Crippen molar-refractivity contribution < 1.29 is 14.1 Å². The molecular weight excluding hydrogens is 306 g/mol. The number of rotatable bonds is 4. The second kappa shape index (κ2) is 5.85. The molecule has 2 aromatic rings. The number of hydrogen-bond donors (Lipinski definition) is 2. The molecule has 2 amide bonds. The SMILES string of the molecule is Cc1cc(C(=O)Nc2nc3c(s2)CN(CC(N)=O)CC3)no1. The molecule has 0 bridgehead atoms. The highest BCUT2D eigenvalue weighted by atomic mass is 32.1. The van der Waals surface area contributed by atoms with Crippen molar-refractivity contribution in [3.8, 4) is 0 Å². The van der Waals surface area contributed by atoms with Crippen LogP contribution in [0.4, 0.5) is 5.13 Å². The molecule has 22 heavy (non-hydrogen) atoms. The molecule has 1 aliphatic rings. The summed E-state index contributed by atoms with van der Waals surface area (Å²) in [5.41, 5.74) is 6.39. The van der Waals surface area contributed by atoms with Gasteiger partial charge >= 0.3 is 0 Å². The summed E-state index contributed by atoms with van der Waals surface area (Å²) in [4.78, 5) is 30.4. The van der Waals surface area contributed by atoms with Gasteiger partial charge in [-0.1, -0.05) is 5.16 Å². The first kappa shape index (κ1) is 14.7. The minimum absolute atomic E-state index is 0.223. The summed E-state index contributed by atoms with van der Waals surface area (Å²) in [6.07, 6.45) is 0.734. The molecule has 0 saturated carbocycles. The average Bonchev–Trinajstić information content (AvgIpc) is 3.03. The van der Waals surface area contributed by atoms with Crippen LogP contribution in [0.2, 0.25) is 0 Å². The third-order valence-electron chi connectivity index (χ3n) is 3.27. The minimum Gasteiger partial charge on any atom is -0.369 e. The van der Waals surface area contributed by atoms with Crippen molar-refractivity contribution >= 4 is 28.3 Å². The van der Waals surface area contributed by atoms with E-state index in [0.717, 1.165) is 23.5 Å². The molecule has 8 nitrogen and oxygen atoms in total. The summed E-state index contributed by atoms with van der Waals surface area (Å²) in [6, 6.07) is 1.57. The zero-order valence-corrected chi connectivity index (χ0v) is 12.8. The first-order chi connectivity index (χ1) is 10.5. The monoisotopic (exact) mass is 321 g/mol. The molecule has 0 aliphatic carbocycles. The molecule has 0 aromatic carbocycles. The van der Waals surface area contributed by atoms with Gasteiger partial charge in [0.1, 0.15) is 5.76 Å². The Morgan fingerprint density at radius 2 is 2.36 bits per heavy atom. The van der Waals surface area contributed by atoms with E-state index in [1.807, 2.05) is 4.90 Å². The van der Waals surface area contributed by atoms with Crippen LogP contribution in [0, 0.1) is 6.92 Å². The molecule has 0 spiro atoms. The van der Waals surface area contributed by atoms with Crippen LogP contribution < -0.4 is 11.1 Å². The maximum Gasteiger partial charge on any atom is 0.279 e. The Kier molecular flexibility index (Phi) is 3.90. The van der Waals surface area contributed by atoms with Crippen molar-refractivity contribution in [1.82, 2.24) is 15.0 Å². The van der Waals surface area contributed by atoms with Crippen molar-refractivity contribution in [3.05, 3.63) is 28.1 Å². The highest BCUT2D eigenvalue weighted by molar-refractivity contribution is 7.15. The topological polar surface area (TPSA) is 114 Å².